The molecular formula is C79H110O11Si3. The minimum Gasteiger partial charge on any atom is -0.417 e. The Bertz CT molecular complexity index is 3150. The van der Waals surface area contributed by atoms with Crippen LogP contribution in [-0.2, 0) is 51.3 Å². The average Bonchev–Trinajstić information content (AvgIpc) is 1.71. The number of carbonyl (C=O) groups is 2. The van der Waals surface area contributed by atoms with Crippen LogP contribution < -0.4 is 20.7 Å². The molecule has 8 bridgehead atoms. The maximum Gasteiger partial charge on any atom is 0.261 e. The van der Waals surface area contributed by atoms with Crippen LogP contribution in [0.15, 0.2) is 158 Å². The normalized spacial score (nSPS) is 33.5. The van der Waals surface area contributed by atoms with Gasteiger partial charge in [0.15, 0.2) is 14.1 Å². The number of Topliss-reactive ketones (excluding diaryl/α,β-unsaturated/α-hetero) is 1. The van der Waals surface area contributed by atoms with Crippen LogP contribution >= 0.6 is 0 Å². The molecule has 7 heterocycles. The van der Waals surface area contributed by atoms with Crippen molar-refractivity contribution in [2.75, 3.05) is 6.61 Å². The second-order valence-electron chi connectivity index (χ2n) is 32.5. The number of hydrogen-bond acceptors (Lipinski definition) is 11. The van der Waals surface area contributed by atoms with E-state index in [0.29, 0.717) is 38.7 Å². The lowest BCUT2D eigenvalue weighted by molar-refractivity contribution is -0.254. The molecular weight excluding hydrogens is 1210 g/mol. The van der Waals surface area contributed by atoms with Crippen LogP contribution in [0.3, 0.4) is 0 Å². The van der Waals surface area contributed by atoms with E-state index in [9.17, 15) is 0 Å². The van der Waals surface area contributed by atoms with Crippen molar-refractivity contribution in [3.8, 4) is 0 Å². The minimum atomic E-state index is -3.38. The van der Waals surface area contributed by atoms with E-state index in [2.05, 4.69) is 231 Å². The van der Waals surface area contributed by atoms with E-state index >= 15 is 9.59 Å². The van der Waals surface area contributed by atoms with Gasteiger partial charge in [-0.15, -0.1) is 0 Å². The quantitative estimate of drug-likeness (QED) is 0.0941. The Morgan fingerprint density at radius 1 is 0.538 bits per heavy atom. The topological polar surface area (TPSA) is 117 Å². The minimum absolute atomic E-state index is 0.00923. The molecule has 0 radical (unpaired) electrons. The van der Waals surface area contributed by atoms with E-state index in [0.717, 1.165) is 57.6 Å². The van der Waals surface area contributed by atoms with Crippen LogP contribution in [0.25, 0.3) is 0 Å². The Kier molecular flexibility index (Phi) is 21.3. The van der Waals surface area contributed by atoms with E-state index in [1.165, 1.54) is 0 Å². The van der Waals surface area contributed by atoms with E-state index in [4.69, 9.17) is 41.7 Å². The molecule has 6 saturated heterocycles. The summed E-state index contributed by atoms with van der Waals surface area (Å²) < 4.78 is 67.6. The van der Waals surface area contributed by atoms with Gasteiger partial charge in [-0.25, -0.2) is 0 Å². The molecule has 0 aromatic heterocycles. The number of benzene rings is 4. The van der Waals surface area contributed by atoms with Gasteiger partial charge in [-0.05, 0) is 128 Å². The molecule has 0 aliphatic carbocycles. The molecule has 4 aromatic rings. The van der Waals surface area contributed by atoms with Crippen molar-refractivity contribution in [2.24, 2.45) is 23.7 Å². The number of rotatable bonds is 13. The largest absolute Gasteiger partial charge is 0.417 e. The fourth-order valence-electron chi connectivity index (χ4n) is 16.6. The van der Waals surface area contributed by atoms with Crippen LogP contribution in [0.5, 0.6) is 0 Å². The molecule has 6 fully saturated rings. The van der Waals surface area contributed by atoms with E-state index in [-0.39, 0.29) is 89.7 Å². The van der Waals surface area contributed by atoms with Gasteiger partial charge < -0.3 is 41.7 Å². The van der Waals surface area contributed by atoms with Crippen LogP contribution in [0, 0.1) is 23.7 Å². The highest BCUT2D eigenvalue weighted by molar-refractivity contribution is 7.00. The molecule has 0 amide bonds. The van der Waals surface area contributed by atoms with E-state index in [1.807, 2.05) is 6.08 Å². The first-order valence-corrected chi connectivity index (χ1v) is 42.0. The van der Waals surface area contributed by atoms with Gasteiger partial charge in [-0.1, -0.05) is 224 Å². The first kappa shape index (κ1) is 70.1. The molecule has 7 aliphatic heterocycles. The van der Waals surface area contributed by atoms with Crippen molar-refractivity contribution in [3.05, 3.63) is 158 Å². The summed E-state index contributed by atoms with van der Waals surface area (Å²) in [5.74, 6) is 0.647. The van der Waals surface area contributed by atoms with Gasteiger partial charge in [-0.3, -0.25) is 9.59 Å². The Balaban J connectivity index is 1.00. The van der Waals surface area contributed by atoms with Crippen molar-refractivity contribution >= 4 is 57.3 Å². The smallest absolute Gasteiger partial charge is 0.261 e. The van der Waals surface area contributed by atoms with E-state index in [1.54, 1.807) is 6.08 Å². The van der Waals surface area contributed by atoms with Crippen molar-refractivity contribution in [2.45, 2.75) is 267 Å². The summed E-state index contributed by atoms with van der Waals surface area (Å²) in [7, 11) is -8.71. The Labute approximate surface area is 560 Å². The zero-order valence-electron chi connectivity index (χ0n) is 58.5. The van der Waals surface area contributed by atoms with Crippen molar-refractivity contribution < 1.29 is 51.3 Å². The third-order valence-electron chi connectivity index (χ3n) is 22.8. The van der Waals surface area contributed by atoms with Crippen molar-refractivity contribution in [1.82, 2.24) is 0 Å². The zero-order valence-corrected chi connectivity index (χ0v) is 61.5. The van der Waals surface area contributed by atoms with Gasteiger partial charge in [-0.2, -0.15) is 0 Å². The van der Waals surface area contributed by atoms with Crippen molar-refractivity contribution in [1.29, 1.82) is 0 Å². The fourth-order valence-corrected chi connectivity index (χ4v) is 27.1. The SMILES string of the molecule is C=C1C2C[C@@H]3O[C@H](C[C@H](C)CO[Si](C)(C)C(C)(C)C)[C@H](C)C3CC(=O)C[C@H]3CC[C@@H]4O[C@@H]5[C@@H](OC(CC(=O)/C=C/C6CC(=C)[C@H](CC[C@@H](C[C@H]1C)O2)O6)[C@@H]5O[Si](c1ccccc1)(c1ccccc1)C(C)(C)C)[C@@H](O[Si](c1ccccc1)(c1ccccc1)C(C)(C)C)[C@H]4O3. The molecule has 504 valence electrons. The first-order valence-electron chi connectivity index (χ1n) is 35.3. The number of fused-ring (bicyclic) bond motifs is 7. The molecule has 11 rings (SSSR count). The summed E-state index contributed by atoms with van der Waals surface area (Å²) >= 11 is 0. The van der Waals surface area contributed by atoms with Gasteiger partial charge in [0.1, 0.15) is 36.3 Å². The van der Waals surface area contributed by atoms with E-state index < -0.39 is 83.9 Å². The van der Waals surface area contributed by atoms with Crippen LogP contribution in [0.2, 0.25) is 28.2 Å². The molecule has 93 heavy (non-hydrogen) atoms. The third kappa shape index (κ3) is 14.7. The van der Waals surface area contributed by atoms with Gasteiger partial charge in [0.2, 0.25) is 0 Å². The lowest BCUT2D eigenvalue weighted by atomic mass is 9.78. The maximum atomic E-state index is 15.4. The summed E-state index contributed by atoms with van der Waals surface area (Å²) in [5, 5.41) is 3.77. The van der Waals surface area contributed by atoms with Gasteiger partial charge in [0, 0.05) is 38.7 Å². The molecule has 4 aromatic carbocycles. The molecule has 7 aliphatic rings. The number of carbonyl (C=O) groups excluding carboxylic acids is 2. The number of ether oxygens (including phenoxy) is 6. The maximum absolute atomic E-state index is 15.4. The number of hydrogen-bond donors (Lipinski definition) is 0. The summed E-state index contributed by atoms with van der Waals surface area (Å²) in [6.45, 7) is 42.0. The average molecular weight is 1320 g/mol. The lowest BCUT2D eigenvalue weighted by Gasteiger charge is -2.53. The van der Waals surface area contributed by atoms with Crippen LogP contribution in [0.1, 0.15) is 154 Å². The highest BCUT2D eigenvalue weighted by Gasteiger charge is 2.65. The Hall–Kier alpha value is -4.27. The molecule has 0 saturated carbocycles. The third-order valence-corrected chi connectivity index (χ3v) is 37.4. The highest BCUT2D eigenvalue weighted by atomic mass is 28.4. The first-order chi connectivity index (χ1) is 44.1. The Morgan fingerprint density at radius 3 is 1.61 bits per heavy atom. The lowest BCUT2D eigenvalue weighted by Crippen LogP contribution is -2.73. The monoisotopic (exact) mass is 1320 g/mol. The molecule has 14 heteroatoms. The molecule has 11 nitrogen and oxygen atoms in total. The summed E-state index contributed by atoms with van der Waals surface area (Å²) in [5.41, 5.74) is 2.12. The van der Waals surface area contributed by atoms with Gasteiger partial charge >= 0.3 is 0 Å². The highest BCUT2D eigenvalue weighted by Crippen LogP contribution is 2.50. The van der Waals surface area contributed by atoms with Gasteiger partial charge in [0.05, 0.1) is 54.9 Å². The van der Waals surface area contributed by atoms with Crippen LogP contribution in [0.4, 0.5) is 0 Å². The Morgan fingerprint density at radius 2 is 1.06 bits per heavy atom. The molecule has 18 atom stereocenters. The molecule has 4 unspecified atom stereocenters. The molecule has 0 N–H and O–H groups in total. The predicted octanol–water partition coefficient (Wildman–Crippen LogP) is 14.1. The summed E-state index contributed by atoms with van der Waals surface area (Å²) in [6, 6.07) is 42.9. The standard InChI is InChI=1S/C79H110O11Si3/c1-51(50-82-91(15,16)77(6,7)8)43-68-55(5)65-47-57(81)46-60-40-42-67-72(85-60)76(90-93(79(12,13)14,63-33-25-19-26-34-63)64-35-27-20-28-36-64)75-74(87-67)73(89-92(78(9,10)11,61-29-21-17-22-30-61)62-31-23-18-24-32-62)71(88-75)48-56(80)37-38-58-45-53(3)66(83-58)41-39-59-44-52(2)54(4)69(84-59)49-70(65)86-68/h17-38,51-52,55,58-60,65-76H,3-4,39-50H2,1-2,5-16H3/b38-37+/t51-,52+,55+,58?,59-,60+,65?,66-,67-,68+,69?,70-,71?,72-,73-,74-,75+,76-/m0/s1. The number of ketones is 2. The molecule has 0 spiro atoms. The number of allylic oxidation sites excluding steroid dienone is 1. The summed E-state index contributed by atoms with van der Waals surface area (Å²) in [4.78, 5) is 30.4. The van der Waals surface area contributed by atoms with Crippen LogP contribution in [-0.4, -0.2) is 129 Å². The predicted molar refractivity (Wildman–Crippen MR) is 379 cm³/mol. The fraction of sp³-hybridized carbons (Fsp3) is 0.595. The zero-order chi connectivity index (χ0) is 66.4. The van der Waals surface area contributed by atoms with Crippen molar-refractivity contribution in [3.63, 3.8) is 0 Å². The second kappa shape index (κ2) is 28.3. The summed E-state index contributed by atoms with van der Waals surface area (Å²) in [6.07, 6.45) is 3.95. The second-order valence-corrected chi connectivity index (χ2v) is 45.8. The van der Waals surface area contributed by atoms with Gasteiger partial charge in [0.25, 0.3) is 16.6 Å².